The van der Waals surface area contributed by atoms with Gasteiger partial charge in [-0.05, 0) is 12.1 Å². The third-order valence-electron chi connectivity index (χ3n) is 3.16. The Labute approximate surface area is 120 Å². The van der Waals surface area contributed by atoms with E-state index >= 15 is 0 Å². The summed E-state index contributed by atoms with van der Waals surface area (Å²) in [5.41, 5.74) is 1.36. The van der Waals surface area contributed by atoms with Gasteiger partial charge in [0, 0.05) is 6.54 Å². The minimum atomic E-state index is -0.452. The van der Waals surface area contributed by atoms with Crippen LogP contribution in [0.1, 0.15) is 0 Å². The molecule has 0 spiro atoms. The van der Waals surface area contributed by atoms with Gasteiger partial charge in [0.05, 0.1) is 17.9 Å². The second-order valence-electron chi connectivity index (χ2n) is 4.58. The zero-order chi connectivity index (χ0) is 14.7. The highest BCUT2D eigenvalue weighted by Gasteiger charge is 2.24. The maximum absolute atomic E-state index is 12.2. The quantitative estimate of drug-likeness (QED) is 0.692. The molecule has 0 radical (unpaired) electrons. The van der Waals surface area contributed by atoms with Gasteiger partial charge in [-0.1, -0.05) is 12.1 Å². The molecule has 0 bridgehead atoms. The Bertz CT molecular complexity index is 644. The topological polar surface area (TPSA) is 101 Å². The summed E-state index contributed by atoms with van der Waals surface area (Å²) in [6.07, 6.45) is 2.99. The van der Waals surface area contributed by atoms with E-state index in [1.54, 1.807) is 17.1 Å². The molecule has 1 aliphatic heterocycles. The smallest absolute Gasteiger partial charge is 0.243 e. The Morgan fingerprint density at radius 1 is 1.38 bits per heavy atom. The van der Waals surface area contributed by atoms with Gasteiger partial charge in [-0.2, -0.15) is 5.10 Å². The third kappa shape index (κ3) is 2.90. The average Bonchev–Trinajstić information content (AvgIpc) is 3.02. The predicted molar refractivity (Wildman–Crippen MR) is 74.8 cm³/mol. The average molecular weight is 286 g/mol. The zero-order valence-corrected chi connectivity index (χ0v) is 11.1. The lowest BCUT2D eigenvalue weighted by molar-refractivity contribution is -0.124. The van der Waals surface area contributed by atoms with Crippen molar-refractivity contribution >= 4 is 17.5 Å². The maximum atomic E-state index is 12.2. The van der Waals surface area contributed by atoms with Crippen LogP contribution in [0, 0.1) is 0 Å². The molecule has 1 saturated heterocycles. The SMILES string of the molecule is O=C1CNC(C(=O)Nc2ccccc2-n2cncn2)CN1. The van der Waals surface area contributed by atoms with Crippen LogP contribution in [-0.2, 0) is 9.59 Å². The molecule has 1 fully saturated rings. The molecule has 21 heavy (non-hydrogen) atoms. The Morgan fingerprint density at radius 2 is 2.24 bits per heavy atom. The zero-order valence-electron chi connectivity index (χ0n) is 11.1. The van der Waals surface area contributed by atoms with Gasteiger partial charge in [-0.3, -0.25) is 14.9 Å². The molecule has 3 rings (SSSR count). The highest BCUT2D eigenvalue weighted by Crippen LogP contribution is 2.18. The van der Waals surface area contributed by atoms with E-state index < -0.39 is 6.04 Å². The van der Waals surface area contributed by atoms with Gasteiger partial charge < -0.3 is 10.6 Å². The standard InChI is InChI=1S/C13H14N6O2/c20-12-6-15-10(5-16-12)13(21)18-9-3-1-2-4-11(9)19-8-14-7-17-19/h1-4,7-8,10,15H,5-6H2,(H,16,20)(H,18,21). The Balaban J connectivity index is 1.76. The van der Waals surface area contributed by atoms with E-state index in [1.807, 2.05) is 18.2 Å². The molecule has 8 heteroatoms. The fourth-order valence-electron chi connectivity index (χ4n) is 2.08. The number of benzene rings is 1. The molecule has 8 nitrogen and oxygen atoms in total. The normalized spacial score (nSPS) is 18.1. The van der Waals surface area contributed by atoms with Gasteiger partial charge in [0.2, 0.25) is 11.8 Å². The molecule has 2 heterocycles. The van der Waals surface area contributed by atoms with Crippen LogP contribution in [-0.4, -0.2) is 45.7 Å². The van der Waals surface area contributed by atoms with Crippen molar-refractivity contribution in [1.82, 2.24) is 25.4 Å². The monoisotopic (exact) mass is 286 g/mol. The number of amides is 2. The molecular weight excluding hydrogens is 272 g/mol. The van der Waals surface area contributed by atoms with Gasteiger partial charge in [0.15, 0.2) is 0 Å². The van der Waals surface area contributed by atoms with Crippen LogP contribution < -0.4 is 16.0 Å². The molecule has 2 amide bonds. The number of aromatic nitrogens is 3. The number of piperazine rings is 1. The van der Waals surface area contributed by atoms with Gasteiger partial charge in [-0.25, -0.2) is 9.67 Å². The highest BCUT2D eigenvalue weighted by molar-refractivity contribution is 5.97. The lowest BCUT2D eigenvalue weighted by Crippen LogP contribution is -2.56. The lowest BCUT2D eigenvalue weighted by atomic mass is 10.2. The molecule has 1 atom stereocenters. The van der Waals surface area contributed by atoms with Crippen LogP contribution in [0.25, 0.3) is 5.69 Å². The first-order valence-electron chi connectivity index (χ1n) is 6.49. The Kier molecular flexibility index (Phi) is 3.61. The number of nitrogens with one attached hydrogen (secondary N) is 3. The number of hydrogen-bond donors (Lipinski definition) is 3. The second kappa shape index (κ2) is 5.71. The molecule has 3 N–H and O–H groups in total. The molecular formula is C13H14N6O2. The van der Waals surface area contributed by atoms with Crippen molar-refractivity contribution in [2.75, 3.05) is 18.4 Å². The largest absolute Gasteiger partial charge is 0.353 e. The van der Waals surface area contributed by atoms with Crippen molar-refractivity contribution in [3.63, 3.8) is 0 Å². The molecule has 0 aliphatic carbocycles. The van der Waals surface area contributed by atoms with E-state index in [0.717, 1.165) is 5.69 Å². The van der Waals surface area contributed by atoms with Crippen molar-refractivity contribution in [3.05, 3.63) is 36.9 Å². The molecule has 2 aromatic rings. The summed E-state index contributed by atoms with van der Waals surface area (Å²) in [6, 6.07) is 6.85. The first-order chi connectivity index (χ1) is 10.2. The first-order valence-corrected chi connectivity index (χ1v) is 6.49. The molecule has 1 aromatic carbocycles. The van der Waals surface area contributed by atoms with Crippen molar-refractivity contribution in [1.29, 1.82) is 0 Å². The van der Waals surface area contributed by atoms with E-state index in [2.05, 4.69) is 26.0 Å². The Hall–Kier alpha value is -2.74. The molecule has 1 aromatic heterocycles. The summed E-state index contributed by atoms with van der Waals surface area (Å²) in [6.45, 7) is 0.416. The molecule has 108 valence electrons. The fraction of sp³-hybridized carbons (Fsp3) is 0.231. The van der Waals surface area contributed by atoms with E-state index in [1.165, 1.54) is 6.33 Å². The molecule has 1 unspecified atom stereocenters. The predicted octanol–water partition coefficient (Wildman–Crippen LogP) is -0.706. The van der Waals surface area contributed by atoms with E-state index in [9.17, 15) is 9.59 Å². The summed E-state index contributed by atoms with van der Waals surface area (Å²) in [5, 5.41) is 12.4. The van der Waals surface area contributed by atoms with E-state index in [0.29, 0.717) is 5.69 Å². The van der Waals surface area contributed by atoms with Crippen LogP contribution in [0.3, 0.4) is 0 Å². The third-order valence-corrected chi connectivity index (χ3v) is 3.16. The first kappa shape index (κ1) is 13.3. The van der Waals surface area contributed by atoms with Crippen LogP contribution in [0.15, 0.2) is 36.9 Å². The van der Waals surface area contributed by atoms with Gasteiger partial charge >= 0.3 is 0 Å². The van der Waals surface area contributed by atoms with Crippen LogP contribution in [0.4, 0.5) is 5.69 Å². The van der Waals surface area contributed by atoms with Crippen LogP contribution in [0.2, 0.25) is 0 Å². The van der Waals surface area contributed by atoms with Gasteiger partial charge in [-0.15, -0.1) is 0 Å². The lowest BCUT2D eigenvalue weighted by Gasteiger charge is -2.23. The number of anilines is 1. The number of hydrogen-bond acceptors (Lipinski definition) is 5. The number of nitrogens with zero attached hydrogens (tertiary/aromatic N) is 3. The van der Waals surface area contributed by atoms with E-state index in [4.69, 9.17) is 0 Å². The van der Waals surface area contributed by atoms with Gasteiger partial charge in [0.25, 0.3) is 0 Å². The van der Waals surface area contributed by atoms with Crippen LogP contribution in [0.5, 0.6) is 0 Å². The molecule has 1 aliphatic rings. The minimum Gasteiger partial charge on any atom is -0.353 e. The van der Waals surface area contributed by atoms with Crippen molar-refractivity contribution < 1.29 is 9.59 Å². The molecule has 0 saturated carbocycles. The van der Waals surface area contributed by atoms with Crippen molar-refractivity contribution in [2.24, 2.45) is 0 Å². The fourth-order valence-corrected chi connectivity index (χ4v) is 2.08. The van der Waals surface area contributed by atoms with E-state index in [-0.39, 0.29) is 24.9 Å². The summed E-state index contributed by atoms with van der Waals surface area (Å²) >= 11 is 0. The van der Waals surface area contributed by atoms with Gasteiger partial charge in [0.1, 0.15) is 18.7 Å². The number of carbonyl (C=O) groups is 2. The summed E-state index contributed by atoms with van der Waals surface area (Å²) in [7, 11) is 0. The Morgan fingerprint density at radius 3 is 2.95 bits per heavy atom. The number of para-hydroxylation sites is 2. The van der Waals surface area contributed by atoms with Crippen molar-refractivity contribution in [3.8, 4) is 5.69 Å². The van der Waals surface area contributed by atoms with Crippen molar-refractivity contribution in [2.45, 2.75) is 6.04 Å². The minimum absolute atomic E-state index is 0.109. The summed E-state index contributed by atoms with van der Waals surface area (Å²) in [4.78, 5) is 27.2. The highest BCUT2D eigenvalue weighted by atomic mass is 16.2. The maximum Gasteiger partial charge on any atom is 0.243 e. The van der Waals surface area contributed by atoms with Crippen LogP contribution >= 0.6 is 0 Å². The summed E-state index contributed by atoms with van der Waals surface area (Å²) in [5.74, 6) is -0.315. The number of carbonyl (C=O) groups excluding carboxylic acids is 2. The second-order valence-corrected chi connectivity index (χ2v) is 4.58. The number of rotatable bonds is 3. The summed E-state index contributed by atoms with van der Waals surface area (Å²) < 4.78 is 1.58.